The van der Waals surface area contributed by atoms with Crippen molar-refractivity contribution in [2.75, 3.05) is 13.1 Å². The summed E-state index contributed by atoms with van der Waals surface area (Å²) in [6.45, 7) is 2.19. The van der Waals surface area contributed by atoms with E-state index in [1.54, 1.807) is 6.07 Å². The van der Waals surface area contributed by atoms with Gasteiger partial charge >= 0.3 is 0 Å². The molecule has 1 fully saturated rings. The largest absolute Gasteiger partial charge is 0.317 e. The molecule has 3 heteroatoms. The van der Waals surface area contributed by atoms with Gasteiger partial charge in [-0.3, -0.25) is 0 Å². The number of nitrogens with one attached hydrogen (secondary N) is 1. The topological polar surface area (TPSA) is 35.8 Å². The van der Waals surface area contributed by atoms with Gasteiger partial charge in [-0.25, -0.2) is 0 Å². The number of rotatable bonds is 2. The average molecular weight is 235 g/mol. The molecule has 1 aromatic rings. The first-order valence-corrected chi connectivity index (χ1v) is 6.07. The molecule has 1 N–H and O–H groups in total. The highest BCUT2D eigenvalue weighted by molar-refractivity contribution is 6.32. The molecule has 1 saturated heterocycles. The Balaban J connectivity index is 2.12. The van der Waals surface area contributed by atoms with Gasteiger partial charge in [-0.2, -0.15) is 5.26 Å². The second kappa shape index (κ2) is 5.34. The van der Waals surface area contributed by atoms with Gasteiger partial charge in [-0.15, -0.1) is 0 Å². The zero-order valence-corrected chi connectivity index (χ0v) is 9.93. The molecule has 0 unspecified atom stereocenters. The minimum Gasteiger partial charge on any atom is -0.317 e. The summed E-state index contributed by atoms with van der Waals surface area (Å²) >= 11 is 6.19. The fraction of sp³-hybridized carbons (Fsp3) is 0.462. The Morgan fingerprint density at radius 1 is 1.38 bits per heavy atom. The van der Waals surface area contributed by atoms with Crippen molar-refractivity contribution in [2.45, 2.75) is 19.3 Å². The SMILES string of the molecule is N#Cc1cccc(CC2CCNCC2)c1Cl. The van der Waals surface area contributed by atoms with Crippen LogP contribution >= 0.6 is 11.6 Å². The predicted octanol–water partition coefficient (Wildman–Crippen LogP) is 2.75. The lowest BCUT2D eigenvalue weighted by atomic mass is 9.90. The number of halogens is 1. The van der Waals surface area contributed by atoms with E-state index in [1.165, 1.54) is 12.8 Å². The van der Waals surface area contributed by atoms with Gasteiger partial charge in [0.2, 0.25) is 0 Å². The number of benzene rings is 1. The van der Waals surface area contributed by atoms with E-state index in [1.807, 2.05) is 12.1 Å². The van der Waals surface area contributed by atoms with Crippen molar-refractivity contribution in [1.82, 2.24) is 5.32 Å². The molecule has 0 atom stereocenters. The average Bonchev–Trinajstić information content (AvgIpc) is 2.33. The van der Waals surface area contributed by atoms with Gasteiger partial charge in [0.15, 0.2) is 0 Å². The molecular weight excluding hydrogens is 220 g/mol. The second-order valence-corrected chi connectivity index (χ2v) is 4.67. The summed E-state index contributed by atoms with van der Waals surface area (Å²) < 4.78 is 0. The highest BCUT2D eigenvalue weighted by Gasteiger charge is 2.15. The van der Waals surface area contributed by atoms with Crippen LogP contribution in [0.5, 0.6) is 0 Å². The maximum Gasteiger partial charge on any atom is 0.101 e. The summed E-state index contributed by atoms with van der Waals surface area (Å²) in [6, 6.07) is 7.85. The fourth-order valence-electron chi connectivity index (χ4n) is 2.22. The first-order valence-electron chi connectivity index (χ1n) is 5.69. The number of hydrogen-bond acceptors (Lipinski definition) is 2. The van der Waals surface area contributed by atoms with Crippen LogP contribution in [0.3, 0.4) is 0 Å². The highest BCUT2D eigenvalue weighted by atomic mass is 35.5. The van der Waals surface area contributed by atoms with E-state index < -0.39 is 0 Å². The van der Waals surface area contributed by atoms with Crippen LogP contribution in [-0.4, -0.2) is 13.1 Å². The van der Waals surface area contributed by atoms with Crippen molar-refractivity contribution in [2.24, 2.45) is 5.92 Å². The summed E-state index contributed by atoms with van der Waals surface area (Å²) in [6.07, 6.45) is 3.40. The van der Waals surface area contributed by atoms with Crippen LogP contribution < -0.4 is 5.32 Å². The lowest BCUT2D eigenvalue weighted by molar-refractivity contribution is 0.372. The van der Waals surface area contributed by atoms with Crippen LogP contribution in [-0.2, 0) is 6.42 Å². The molecule has 0 aromatic heterocycles. The lowest BCUT2D eigenvalue weighted by Gasteiger charge is -2.23. The standard InChI is InChI=1S/C13H15ClN2/c14-13-11(2-1-3-12(13)9-15)8-10-4-6-16-7-5-10/h1-3,10,16H,4-8H2. The van der Waals surface area contributed by atoms with Crippen molar-refractivity contribution in [3.8, 4) is 6.07 Å². The first-order chi connectivity index (χ1) is 7.81. The molecule has 2 nitrogen and oxygen atoms in total. The Bertz CT molecular complexity index is 403. The van der Waals surface area contributed by atoms with E-state index in [2.05, 4.69) is 11.4 Å². The maximum atomic E-state index is 8.90. The summed E-state index contributed by atoms with van der Waals surface area (Å²) in [5, 5.41) is 12.9. The van der Waals surface area contributed by atoms with E-state index in [9.17, 15) is 0 Å². The molecular formula is C13H15ClN2. The molecule has 1 aliphatic rings. The molecule has 84 valence electrons. The number of nitrogens with zero attached hydrogens (tertiary/aromatic N) is 1. The Morgan fingerprint density at radius 3 is 2.81 bits per heavy atom. The molecule has 0 amide bonds. The van der Waals surface area contributed by atoms with Gasteiger partial charge < -0.3 is 5.32 Å². The molecule has 1 heterocycles. The van der Waals surface area contributed by atoms with Gasteiger partial charge in [0.1, 0.15) is 6.07 Å². The van der Waals surface area contributed by atoms with Gasteiger partial charge in [-0.1, -0.05) is 23.7 Å². The highest BCUT2D eigenvalue weighted by Crippen LogP contribution is 2.25. The van der Waals surface area contributed by atoms with Crippen molar-refractivity contribution in [1.29, 1.82) is 5.26 Å². The van der Waals surface area contributed by atoms with Crippen LogP contribution in [0.4, 0.5) is 0 Å². The Hall–Kier alpha value is -1.04. The lowest BCUT2D eigenvalue weighted by Crippen LogP contribution is -2.28. The van der Waals surface area contributed by atoms with Crippen molar-refractivity contribution in [3.63, 3.8) is 0 Å². The van der Waals surface area contributed by atoms with Crippen molar-refractivity contribution >= 4 is 11.6 Å². The summed E-state index contributed by atoms with van der Waals surface area (Å²) in [4.78, 5) is 0. The molecule has 16 heavy (non-hydrogen) atoms. The number of hydrogen-bond donors (Lipinski definition) is 1. The van der Waals surface area contributed by atoms with E-state index in [-0.39, 0.29) is 0 Å². The van der Waals surface area contributed by atoms with Crippen LogP contribution in [0, 0.1) is 17.2 Å². The smallest absolute Gasteiger partial charge is 0.101 e. The molecule has 2 rings (SSSR count). The number of piperidine rings is 1. The zero-order valence-electron chi connectivity index (χ0n) is 9.17. The van der Waals surface area contributed by atoms with E-state index in [4.69, 9.17) is 16.9 Å². The van der Waals surface area contributed by atoms with Gasteiger partial charge in [0.05, 0.1) is 10.6 Å². The third kappa shape index (κ3) is 2.55. The molecule has 1 aromatic carbocycles. The van der Waals surface area contributed by atoms with Crippen LogP contribution in [0.2, 0.25) is 5.02 Å². The minimum atomic E-state index is 0.591. The number of nitriles is 1. The quantitative estimate of drug-likeness (QED) is 0.854. The Labute approximate surface area is 101 Å². The summed E-state index contributed by atoms with van der Waals surface area (Å²) in [5.41, 5.74) is 1.71. The van der Waals surface area contributed by atoms with Crippen molar-refractivity contribution in [3.05, 3.63) is 34.3 Å². The Morgan fingerprint density at radius 2 is 2.12 bits per heavy atom. The molecule has 0 bridgehead atoms. The zero-order chi connectivity index (χ0) is 11.4. The van der Waals surface area contributed by atoms with Crippen LogP contribution in [0.1, 0.15) is 24.0 Å². The first kappa shape index (κ1) is 11.4. The monoisotopic (exact) mass is 234 g/mol. The second-order valence-electron chi connectivity index (χ2n) is 4.29. The normalized spacial score (nSPS) is 17.0. The summed E-state index contributed by atoms with van der Waals surface area (Å²) in [7, 11) is 0. The molecule has 0 radical (unpaired) electrons. The fourth-order valence-corrected chi connectivity index (χ4v) is 2.47. The van der Waals surface area contributed by atoms with E-state index >= 15 is 0 Å². The summed E-state index contributed by atoms with van der Waals surface area (Å²) in [5.74, 6) is 0.702. The van der Waals surface area contributed by atoms with E-state index in [0.717, 1.165) is 25.1 Å². The molecule has 1 aliphatic heterocycles. The van der Waals surface area contributed by atoms with Crippen molar-refractivity contribution < 1.29 is 0 Å². The third-order valence-corrected chi connectivity index (χ3v) is 3.61. The Kier molecular flexibility index (Phi) is 3.82. The third-order valence-electron chi connectivity index (χ3n) is 3.17. The van der Waals surface area contributed by atoms with Crippen LogP contribution in [0.25, 0.3) is 0 Å². The molecule has 0 saturated carbocycles. The maximum absolute atomic E-state index is 8.90. The predicted molar refractivity (Wildman–Crippen MR) is 65.5 cm³/mol. The molecule has 0 aliphatic carbocycles. The van der Waals surface area contributed by atoms with Gasteiger partial charge in [-0.05, 0) is 49.9 Å². The minimum absolute atomic E-state index is 0.591. The van der Waals surface area contributed by atoms with Crippen LogP contribution in [0.15, 0.2) is 18.2 Å². The van der Waals surface area contributed by atoms with Gasteiger partial charge in [0, 0.05) is 0 Å². The van der Waals surface area contributed by atoms with Gasteiger partial charge in [0.25, 0.3) is 0 Å². The van der Waals surface area contributed by atoms with E-state index in [0.29, 0.717) is 16.5 Å². The molecule has 0 spiro atoms.